The zero-order chi connectivity index (χ0) is 11.7. The van der Waals surface area contributed by atoms with E-state index in [4.69, 9.17) is 0 Å². The number of rotatable bonds is 1. The first-order chi connectivity index (χ1) is 7.61. The second-order valence-electron chi connectivity index (χ2n) is 3.25. The minimum Gasteiger partial charge on any atom is -0.258 e. The predicted molar refractivity (Wildman–Crippen MR) is 57.9 cm³/mol. The van der Waals surface area contributed by atoms with E-state index in [-0.39, 0.29) is 0 Å². The molecule has 0 aliphatic carbocycles. The zero-order valence-electron chi connectivity index (χ0n) is 8.51. The molecule has 0 radical (unpaired) electrons. The smallest absolute Gasteiger partial charge is 0.258 e. The molecule has 1 N–H and O–H groups in total. The van der Waals surface area contributed by atoms with Gasteiger partial charge in [-0.1, -0.05) is 18.2 Å². The lowest BCUT2D eigenvalue weighted by Gasteiger charge is -2.04. The monoisotopic (exact) mass is 219 g/mol. The Hall–Kier alpha value is -2.37. The molecule has 1 aromatic heterocycles. The second kappa shape index (κ2) is 3.65. The Labute approximate surface area is 89.4 Å². The fourth-order valence-electron chi connectivity index (χ4n) is 1.36. The third kappa shape index (κ3) is 1.50. The number of H-pyrrole nitrogens is 1. The van der Waals surface area contributed by atoms with Gasteiger partial charge in [-0.15, -0.1) is 0 Å². The molecule has 1 heterocycles. The number of aromatic nitrogens is 3. The van der Waals surface area contributed by atoms with Gasteiger partial charge in [-0.05, 0) is 12.1 Å². The molecule has 0 atom stereocenters. The largest absolute Gasteiger partial charge is 0.340 e. The van der Waals surface area contributed by atoms with Crippen LogP contribution in [-0.4, -0.2) is 14.1 Å². The summed E-state index contributed by atoms with van der Waals surface area (Å²) >= 11 is 0. The van der Waals surface area contributed by atoms with Crippen molar-refractivity contribution in [3.05, 3.63) is 61.8 Å². The third-order valence-electron chi connectivity index (χ3n) is 2.21. The second-order valence-corrected chi connectivity index (χ2v) is 3.25. The van der Waals surface area contributed by atoms with Crippen molar-refractivity contribution in [3.8, 4) is 5.69 Å². The molecule has 6 nitrogen and oxygen atoms in total. The number of para-hydroxylation sites is 1. The summed E-state index contributed by atoms with van der Waals surface area (Å²) in [6.07, 6.45) is 0. The van der Waals surface area contributed by atoms with Crippen molar-refractivity contribution in [2.24, 2.45) is 7.05 Å². The molecule has 0 bridgehead atoms. The molecule has 82 valence electrons. The molecule has 0 saturated carbocycles. The Morgan fingerprint density at radius 2 is 1.62 bits per heavy atom. The van der Waals surface area contributed by atoms with E-state index in [1.807, 2.05) is 0 Å². The van der Waals surface area contributed by atoms with E-state index in [0.29, 0.717) is 5.69 Å². The van der Waals surface area contributed by atoms with Crippen LogP contribution in [0.4, 0.5) is 0 Å². The molecule has 0 unspecified atom stereocenters. The summed E-state index contributed by atoms with van der Waals surface area (Å²) in [6, 6.07) is 8.39. The summed E-state index contributed by atoms with van der Waals surface area (Å²) in [6.45, 7) is 0. The highest BCUT2D eigenvalue weighted by Gasteiger charge is 2.07. The number of aromatic amines is 1. The van der Waals surface area contributed by atoms with Gasteiger partial charge in [0.1, 0.15) is 0 Å². The predicted octanol–water partition coefficient (Wildman–Crippen LogP) is -0.776. The van der Waals surface area contributed by atoms with Crippen LogP contribution in [0.3, 0.4) is 0 Å². The average Bonchev–Trinajstić information content (AvgIpc) is 2.28. The molecule has 1 aromatic carbocycles. The van der Waals surface area contributed by atoms with Gasteiger partial charge in [0, 0.05) is 7.05 Å². The number of benzene rings is 1. The van der Waals surface area contributed by atoms with E-state index < -0.39 is 17.1 Å². The molecular formula is C10H9N3O3. The summed E-state index contributed by atoms with van der Waals surface area (Å²) in [4.78, 5) is 36.4. The van der Waals surface area contributed by atoms with Crippen LogP contribution in [0.5, 0.6) is 0 Å². The first-order valence-electron chi connectivity index (χ1n) is 4.59. The summed E-state index contributed by atoms with van der Waals surface area (Å²) in [5, 5.41) is 0. The van der Waals surface area contributed by atoms with Crippen molar-refractivity contribution in [2.45, 2.75) is 0 Å². The van der Waals surface area contributed by atoms with Gasteiger partial charge in [0.05, 0.1) is 5.69 Å². The minimum absolute atomic E-state index is 0.421. The van der Waals surface area contributed by atoms with Gasteiger partial charge in [0.15, 0.2) is 0 Å². The molecule has 0 aliphatic rings. The molecule has 0 amide bonds. The molecule has 0 spiro atoms. The van der Waals surface area contributed by atoms with Crippen molar-refractivity contribution in [1.29, 1.82) is 0 Å². The topological polar surface area (TPSA) is 76.9 Å². The summed E-state index contributed by atoms with van der Waals surface area (Å²) < 4.78 is 1.75. The van der Waals surface area contributed by atoms with Crippen molar-refractivity contribution in [1.82, 2.24) is 14.1 Å². The van der Waals surface area contributed by atoms with Gasteiger partial charge < -0.3 is 0 Å². The van der Waals surface area contributed by atoms with Crippen molar-refractivity contribution < 1.29 is 0 Å². The van der Waals surface area contributed by atoms with Gasteiger partial charge in [-0.25, -0.2) is 23.5 Å². The van der Waals surface area contributed by atoms with Crippen molar-refractivity contribution in [2.75, 3.05) is 0 Å². The molecule has 16 heavy (non-hydrogen) atoms. The molecule has 0 aliphatic heterocycles. The SMILES string of the molecule is Cn1c(=O)[nH]c(=O)n(-c2ccccc2)c1=O. The van der Waals surface area contributed by atoms with Gasteiger partial charge >= 0.3 is 17.1 Å². The van der Waals surface area contributed by atoms with Crippen LogP contribution >= 0.6 is 0 Å². The number of nitrogens with zero attached hydrogens (tertiary/aromatic N) is 2. The van der Waals surface area contributed by atoms with E-state index in [1.54, 1.807) is 30.3 Å². The standard InChI is InChI=1S/C10H9N3O3/c1-12-8(14)11-9(15)13(10(12)16)7-5-3-2-4-6-7/h2-6H,1H3,(H,11,14,15). The summed E-state index contributed by atoms with van der Waals surface area (Å²) in [5.74, 6) is 0. The number of nitrogens with one attached hydrogen (secondary N) is 1. The lowest BCUT2D eigenvalue weighted by atomic mass is 10.3. The minimum atomic E-state index is -0.737. The van der Waals surface area contributed by atoms with Gasteiger partial charge in [-0.2, -0.15) is 0 Å². The molecule has 2 rings (SSSR count). The Bertz CT molecular complexity index is 679. The zero-order valence-corrected chi connectivity index (χ0v) is 8.51. The van der Waals surface area contributed by atoms with E-state index in [1.165, 1.54) is 7.05 Å². The Balaban J connectivity index is 2.88. The summed E-state index contributed by atoms with van der Waals surface area (Å²) in [7, 11) is 1.31. The Morgan fingerprint density at radius 1 is 1.00 bits per heavy atom. The molecular weight excluding hydrogens is 210 g/mol. The van der Waals surface area contributed by atoms with Gasteiger partial charge in [0.2, 0.25) is 0 Å². The number of hydrogen-bond donors (Lipinski definition) is 1. The van der Waals surface area contributed by atoms with Crippen LogP contribution in [0.2, 0.25) is 0 Å². The van der Waals surface area contributed by atoms with Crippen LogP contribution in [0, 0.1) is 0 Å². The fourth-order valence-corrected chi connectivity index (χ4v) is 1.36. The fraction of sp³-hybridized carbons (Fsp3) is 0.100. The molecule has 6 heteroatoms. The van der Waals surface area contributed by atoms with E-state index in [2.05, 4.69) is 4.98 Å². The van der Waals surface area contributed by atoms with E-state index >= 15 is 0 Å². The summed E-state index contributed by atoms with van der Waals surface area (Å²) in [5.41, 5.74) is -1.70. The normalized spacial score (nSPS) is 10.3. The van der Waals surface area contributed by atoms with Crippen molar-refractivity contribution in [3.63, 3.8) is 0 Å². The third-order valence-corrected chi connectivity index (χ3v) is 2.21. The molecule has 0 saturated heterocycles. The highest BCUT2D eigenvalue weighted by molar-refractivity contribution is 5.30. The maximum atomic E-state index is 11.7. The average molecular weight is 219 g/mol. The maximum absolute atomic E-state index is 11.7. The van der Waals surface area contributed by atoms with Crippen LogP contribution in [0.15, 0.2) is 44.7 Å². The lowest BCUT2D eigenvalue weighted by molar-refractivity contribution is 0.660. The first-order valence-corrected chi connectivity index (χ1v) is 4.59. The van der Waals surface area contributed by atoms with Crippen LogP contribution in [-0.2, 0) is 7.05 Å². The number of hydrogen-bond acceptors (Lipinski definition) is 3. The highest BCUT2D eigenvalue weighted by Crippen LogP contribution is 1.98. The van der Waals surface area contributed by atoms with Crippen LogP contribution in [0.1, 0.15) is 0 Å². The molecule has 2 aromatic rings. The van der Waals surface area contributed by atoms with Gasteiger partial charge in [-0.3, -0.25) is 4.98 Å². The van der Waals surface area contributed by atoms with Crippen LogP contribution in [0.25, 0.3) is 5.69 Å². The quantitative estimate of drug-likeness (QED) is 0.683. The van der Waals surface area contributed by atoms with Crippen molar-refractivity contribution >= 4 is 0 Å². The Kier molecular flexibility index (Phi) is 2.32. The van der Waals surface area contributed by atoms with E-state index in [0.717, 1.165) is 9.13 Å². The first kappa shape index (κ1) is 10.2. The highest BCUT2D eigenvalue weighted by atomic mass is 16.2. The lowest BCUT2D eigenvalue weighted by Crippen LogP contribution is -2.47. The van der Waals surface area contributed by atoms with Gasteiger partial charge in [0.25, 0.3) is 0 Å². The Morgan fingerprint density at radius 3 is 2.25 bits per heavy atom. The van der Waals surface area contributed by atoms with Crippen LogP contribution < -0.4 is 17.1 Å². The maximum Gasteiger partial charge on any atom is 0.340 e. The molecule has 0 fully saturated rings. The van der Waals surface area contributed by atoms with E-state index in [9.17, 15) is 14.4 Å².